The van der Waals surface area contributed by atoms with E-state index in [1.54, 1.807) is 14.0 Å². The van der Waals surface area contributed by atoms with E-state index in [0.29, 0.717) is 18.0 Å². The Labute approximate surface area is 240 Å². The van der Waals surface area contributed by atoms with Gasteiger partial charge in [0.05, 0.1) is 17.1 Å². The summed E-state index contributed by atoms with van der Waals surface area (Å²) in [4.78, 5) is 41.7. The van der Waals surface area contributed by atoms with Crippen LogP contribution in [0.25, 0.3) is 0 Å². The summed E-state index contributed by atoms with van der Waals surface area (Å²) in [6.45, 7) is 6.24. The second-order valence-corrected chi connectivity index (χ2v) is 13.3. The lowest BCUT2D eigenvalue weighted by Gasteiger charge is -2.30. The van der Waals surface area contributed by atoms with Crippen LogP contribution in [-0.4, -0.2) is 68.3 Å². The number of sulfonamides is 1. The van der Waals surface area contributed by atoms with Gasteiger partial charge in [0.15, 0.2) is 0 Å². The zero-order valence-electron chi connectivity index (χ0n) is 23.3. The van der Waals surface area contributed by atoms with E-state index in [4.69, 9.17) is 4.74 Å². The highest BCUT2D eigenvalue weighted by atomic mass is 32.2. The smallest absolute Gasteiger partial charge is 0.414 e. The first-order chi connectivity index (χ1) is 19.1. The fourth-order valence-electron chi connectivity index (χ4n) is 5.37. The number of carbonyl (C=O) groups excluding carboxylic acids is 3. The minimum absolute atomic E-state index is 0.0148. The van der Waals surface area contributed by atoms with Crippen molar-refractivity contribution in [3.63, 3.8) is 0 Å². The number of ether oxygens (including phenoxy) is 1. The molecule has 10 nitrogen and oxygen atoms in total. The Bertz CT molecular complexity index is 1330. The van der Waals surface area contributed by atoms with E-state index in [0.717, 1.165) is 62.1 Å². The number of nitrogens with one attached hydrogen (secondary N) is 2. The Kier molecular flexibility index (Phi) is 9.99. The molecule has 3 amide bonds. The van der Waals surface area contributed by atoms with Crippen molar-refractivity contribution in [3.8, 4) is 0 Å². The average molecular weight is 591 g/mol. The standard InChI is InChI=1S/C28H38N4O6S2/c1-4-16-32-17-15-22-23(18-32)39-27(24(22)26(34)30-28(35)38-5-2)29-25(33)19-11-13-21(14-12-19)40(36,37)31(3)20-9-7-6-8-10-20/h11-14,20H,4-10,15-18H2,1-3H3,(H,29,33)(H,30,34,35). The van der Waals surface area contributed by atoms with Crippen LogP contribution in [0.3, 0.4) is 0 Å². The van der Waals surface area contributed by atoms with Gasteiger partial charge in [-0.15, -0.1) is 11.3 Å². The van der Waals surface area contributed by atoms with Crippen LogP contribution >= 0.6 is 11.3 Å². The molecule has 2 N–H and O–H groups in total. The van der Waals surface area contributed by atoms with Gasteiger partial charge in [-0.1, -0.05) is 26.2 Å². The molecule has 12 heteroatoms. The Morgan fingerprint density at radius 1 is 1.07 bits per heavy atom. The summed E-state index contributed by atoms with van der Waals surface area (Å²) in [5, 5.41) is 5.44. The molecule has 0 unspecified atom stereocenters. The molecule has 218 valence electrons. The number of benzene rings is 1. The van der Waals surface area contributed by atoms with Crippen LogP contribution in [0.5, 0.6) is 0 Å². The molecular weight excluding hydrogens is 552 g/mol. The van der Waals surface area contributed by atoms with E-state index in [-0.39, 0.29) is 28.7 Å². The van der Waals surface area contributed by atoms with Gasteiger partial charge in [-0.3, -0.25) is 19.8 Å². The lowest BCUT2D eigenvalue weighted by atomic mass is 9.96. The summed E-state index contributed by atoms with van der Waals surface area (Å²) >= 11 is 1.32. The third-order valence-electron chi connectivity index (χ3n) is 7.50. The molecule has 0 spiro atoms. The summed E-state index contributed by atoms with van der Waals surface area (Å²) in [6.07, 6.45) is 5.65. The summed E-state index contributed by atoms with van der Waals surface area (Å²) in [5.41, 5.74) is 1.35. The Morgan fingerprint density at radius 2 is 1.77 bits per heavy atom. The summed E-state index contributed by atoms with van der Waals surface area (Å²) < 4.78 is 32.7. The number of anilines is 1. The molecule has 2 aliphatic rings. The highest BCUT2D eigenvalue weighted by Gasteiger charge is 2.31. The quantitative estimate of drug-likeness (QED) is 0.437. The van der Waals surface area contributed by atoms with Crippen LogP contribution in [0.15, 0.2) is 29.2 Å². The van der Waals surface area contributed by atoms with Crippen LogP contribution in [0.2, 0.25) is 0 Å². The van der Waals surface area contributed by atoms with Gasteiger partial charge in [0.25, 0.3) is 11.8 Å². The minimum Gasteiger partial charge on any atom is -0.450 e. The molecule has 0 radical (unpaired) electrons. The van der Waals surface area contributed by atoms with Crippen molar-refractivity contribution < 1.29 is 27.5 Å². The molecule has 1 aliphatic heterocycles. The first-order valence-electron chi connectivity index (χ1n) is 13.9. The Morgan fingerprint density at radius 3 is 2.42 bits per heavy atom. The number of rotatable bonds is 9. The van der Waals surface area contributed by atoms with E-state index >= 15 is 0 Å². The van der Waals surface area contributed by atoms with E-state index in [9.17, 15) is 22.8 Å². The summed E-state index contributed by atoms with van der Waals surface area (Å²) in [6, 6.07) is 5.83. The molecule has 1 aliphatic carbocycles. The molecule has 2 heterocycles. The lowest BCUT2D eigenvalue weighted by Crippen LogP contribution is -2.38. The van der Waals surface area contributed by atoms with Crippen molar-refractivity contribution in [2.75, 3.05) is 32.1 Å². The van der Waals surface area contributed by atoms with Gasteiger partial charge in [0.1, 0.15) is 5.00 Å². The maximum atomic E-state index is 13.2. The molecule has 0 bridgehead atoms. The normalized spacial score (nSPS) is 16.4. The number of hydrogen-bond donors (Lipinski definition) is 2. The molecule has 1 saturated carbocycles. The lowest BCUT2D eigenvalue weighted by molar-refractivity contribution is 0.0924. The first-order valence-corrected chi connectivity index (χ1v) is 16.2. The van der Waals surface area contributed by atoms with E-state index in [2.05, 4.69) is 22.5 Å². The Hall–Kier alpha value is -2.80. The molecule has 2 aromatic rings. The highest BCUT2D eigenvalue weighted by molar-refractivity contribution is 7.89. The largest absolute Gasteiger partial charge is 0.450 e. The maximum Gasteiger partial charge on any atom is 0.414 e. The second-order valence-electron chi connectivity index (χ2n) is 10.2. The van der Waals surface area contributed by atoms with Gasteiger partial charge in [-0.25, -0.2) is 13.2 Å². The van der Waals surface area contributed by atoms with Gasteiger partial charge in [-0.2, -0.15) is 4.31 Å². The minimum atomic E-state index is -3.68. The fourth-order valence-corrected chi connectivity index (χ4v) is 8.07. The fraction of sp³-hybridized carbons (Fsp3) is 0.536. The molecule has 4 rings (SSSR count). The van der Waals surface area contributed by atoms with Crippen molar-refractivity contribution in [1.29, 1.82) is 0 Å². The van der Waals surface area contributed by atoms with Gasteiger partial charge in [0, 0.05) is 36.6 Å². The zero-order chi connectivity index (χ0) is 28.9. The van der Waals surface area contributed by atoms with Crippen molar-refractivity contribution >= 4 is 44.3 Å². The van der Waals surface area contributed by atoms with Gasteiger partial charge in [0.2, 0.25) is 10.0 Å². The van der Waals surface area contributed by atoms with Gasteiger partial charge < -0.3 is 10.1 Å². The number of fused-ring (bicyclic) bond motifs is 1. The molecule has 0 saturated heterocycles. The number of imide groups is 1. The molecular formula is C28H38N4O6S2. The van der Waals surface area contributed by atoms with Crippen molar-refractivity contribution in [2.24, 2.45) is 0 Å². The van der Waals surface area contributed by atoms with Crippen LogP contribution in [-0.2, 0) is 27.7 Å². The molecule has 0 atom stereocenters. The second kappa shape index (κ2) is 13.2. The van der Waals surface area contributed by atoms with Gasteiger partial charge >= 0.3 is 6.09 Å². The monoisotopic (exact) mass is 590 g/mol. The molecule has 1 fully saturated rings. The predicted molar refractivity (Wildman–Crippen MR) is 154 cm³/mol. The van der Waals surface area contributed by atoms with Crippen LogP contribution in [0, 0.1) is 0 Å². The van der Waals surface area contributed by atoms with E-state index in [1.165, 1.54) is 39.9 Å². The zero-order valence-corrected chi connectivity index (χ0v) is 25.0. The van der Waals surface area contributed by atoms with Crippen molar-refractivity contribution in [1.82, 2.24) is 14.5 Å². The van der Waals surface area contributed by atoms with E-state index in [1.807, 2.05) is 0 Å². The number of thiophene rings is 1. The third-order valence-corrected chi connectivity index (χ3v) is 10.6. The predicted octanol–water partition coefficient (Wildman–Crippen LogP) is 4.61. The molecule has 1 aromatic carbocycles. The SMILES string of the molecule is CCCN1CCc2c(sc(NC(=O)c3ccc(S(=O)(=O)N(C)C4CCCCC4)cc3)c2C(=O)NC(=O)OCC)C1. The van der Waals surface area contributed by atoms with Crippen molar-refractivity contribution in [2.45, 2.75) is 76.3 Å². The Balaban J connectivity index is 1.55. The third kappa shape index (κ3) is 6.73. The van der Waals surface area contributed by atoms with Crippen LogP contribution < -0.4 is 10.6 Å². The van der Waals surface area contributed by atoms with Gasteiger partial charge in [-0.05, 0) is 69.0 Å². The number of carbonyl (C=O) groups is 3. The number of nitrogens with zero attached hydrogens (tertiary/aromatic N) is 2. The average Bonchev–Trinajstić information content (AvgIpc) is 3.30. The van der Waals surface area contributed by atoms with Crippen molar-refractivity contribution in [3.05, 3.63) is 45.8 Å². The van der Waals surface area contributed by atoms with E-state index < -0.39 is 27.9 Å². The number of amides is 3. The number of alkyl carbamates (subject to hydrolysis) is 1. The maximum absolute atomic E-state index is 13.2. The molecule has 40 heavy (non-hydrogen) atoms. The molecule has 1 aromatic heterocycles. The topological polar surface area (TPSA) is 125 Å². The van der Waals surface area contributed by atoms with Crippen LogP contribution in [0.4, 0.5) is 9.80 Å². The first kappa shape index (κ1) is 30.2. The van der Waals surface area contributed by atoms with Crippen LogP contribution in [0.1, 0.15) is 83.5 Å². The number of hydrogen-bond acceptors (Lipinski definition) is 8. The highest BCUT2D eigenvalue weighted by Crippen LogP contribution is 2.37. The summed E-state index contributed by atoms with van der Waals surface area (Å²) in [5.74, 6) is -1.10. The summed E-state index contributed by atoms with van der Waals surface area (Å²) in [7, 11) is -2.06.